The van der Waals surface area contributed by atoms with Crippen LogP contribution in [0.5, 0.6) is 5.75 Å². The summed E-state index contributed by atoms with van der Waals surface area (Å²) in [4.78, 5) is 18.9. The molecule has 2 aromatic rings. The maximum atomic E-state index is 12.8. The predicted octanol–water partition coefficient (Wildman–Crippen LogP) is 2.56. The zero-order valence-corrected chi connectivity index (χ0v) is 14.4. The predicted molar refractivity (Wildman–Crippen MR) is 93.6 cm³/mol. The van der Waals surface area contributed by atoms with Crippen LogP contribution in [0.15, 0.2) is 48.8 Å². The third kappa shape index (κ3) is 3.12. The number of nitrogens with zero attached hydrogens (tertiary/aromatic N) is 2. The topological polar surface area (TPSA) is 51.7 Å². The van der Waals surface area contributed by atoms with Gasteiger partial charge in [0.2, 0.25) is 0 Å². The van der Waals surface area contributed by atoms with Crippen LogP contribution < -0.4 is 4.74 Å². The number of hydrogen-bond donors (Lipinski definition) is 0. The standard InChI is InChI=1S/C20H22N2O3/c1-15-4-6-16(7-5-15)19(23)22-10-17-11-24-13-20(17,12-22)14-25-18-3-2-8-21-9-18/h2-9,17H,10-14H2,1H3/t17-,20+/m1/s1. The van der Waals surface area contributed by atoms with E-state index in [1.54, 1.807) is 12.4 Å². The van der Waals surface area contributed by atoms with Crippen molar-refractivity contribution in [2.75, 3.05) is 32.9 Å². The second-order valence-corrected chi connectivity index (χ2v) is 7.10. The van der Waals surface area contributed by atoms with Crippen molar-refractivity contribution >= 4 is 5.91 Å². The van der Waals surface area contributed by atoms with Gasteiger partial charge in [-0.05, 0) is 31.2 Å². The van der Waals surface area contributed by atoms with Gasteiger partial charge in [-0.25, -0.2) is 0 Å². The summed E-state index contributed by atoms with van der Waals surface area (Å²) in [6.45, 7) is 5.29. The Morgan fingerprint density at radius 3 is 2.96 bits per heavy atom. The highest BCUT2D eigenvalue weighted by Gasteiger charge is 2.52. The number of hydrogen-bond acceptors (Lipinski definition) is 4. The molecular weight excluding hydrogens is 316 g/mol. The Morgan fingerprint density at radius 1 is 1.36 bits per heavy atom. The zero-order chi connectivity index (χ0) is 17.3. The second-order valence-electron chi connectivity index (χ2n) is 7.10. The van der Waals surface area contributed by atoms with Gasteiger partial charge in [0.25, 0.3) is 5.91 Å². The molecule has 0 unspecified atom stereocenters. The Kier molecular flexibility index (Phi) is 4.17. The molecule has 1 aromatic carbocycles. The molecule has 5 nitrogen and oxygen atoms in total. The molecule has 25 heavy (non-hydrogen) atoms. The average molecular weight is 338 g/mol. The fraction of sp³-hybridized carbons (Fsp3) is 0.400. The van der Waals surface area contributed by atoms with Crippen molar-refractivity contribution in [3.63, 3.8) is 0 Å². The summed E-state index contributed by atoms with van der Waals surface area (Å²) in [6.07, 6.45) is 3.44. The highest BCUT2D eigenvalue weighted by Crippen LogP contribution is 2.42. The number of carbonyl (C=O) groups is 1. The van der Waals surface area contributed by atoms with Gasteiger partial charge in [-0.15, -0.1) is 0 Å². The van der Waals surface area contributed by atoms with Crippen LogP contribution >= 0.6 is 0 Å². The molecule has 4 rings (SSSR count). The first-order valence-electron chi connectivity index (χ1n) is 8.63. The van der Waals surface area contributed by atoms with Crippen LogP contribution in [0, 0.1) is 18.3 Å². The Bertz CT molecular complexity index is 747. The Morgan fingerprint density at radius 2 is 2.20 bits per heavy atom. The average Bonchev–Trinajstić information content (AvgIpc) is 3.18. The van der Waals surface area contributed by atoms with Gasteiger partial charge in [0.05, 0.1) is 31.4 Å². The van der Waals surface area contributed by atoms with Gasteiger partial charge in [0, 0.05) is 30.8 Å². The molecule has 2 aliphatic rings. The summed E-state index contributed by atoms with van der Waals surface area (Å²) < 4.78 is 11.7. The molecule has 0 spiro atoms. The molecule has 0 bridgehead atoms. The molecule has 0 radical (unpaired) electrons. The van der Waals surface area contributed by atoms with Crippen LogP contribution in [-0.4, -0.2) is 48.7 Å². The Hall–Kier alpha value is -2.40. The van der Waals surface area contributed by atoms with Gasteiger partial charge in [0.15, 0.2) is 0 Å². The highest BCUT2D eigenvalue weighted by molar-refractivity contribution is 5.94. The first-order chi connectivity index (χ1) is 12.2. The molecule has 2 fully saturated rings. The minimum absolute atomic E-state index is 0.0927. The minimum atomic E-state index is -0.129. The Balaban J connectivity index is 1.47. The fourth-order valence-electron chi connectivity index (χ4n) is 3.73. The first-order valence-corrected chi connectivity index (χ1v) is 8.63. The summed E-state index contributed by atoms with van der Waals surface area (Å²) >= 11 is 0. The van der Waals surface area contributed by atoms with Crippen molar-refractivity contribution in [2.24, 2.45) is 11.3 Å². The van der Waals surface area contributed by atoms with Crippen LogP contribution in [0.1, 0.15) is 15.9 Å². The number of likely N-dealkylation sites (tertiary alicyclic amines) is 1. The van der Waals surface area contributed by atoms with Crippen molar-refractivity contribution in [1.29, 1.82) is 0 Å². The number of fused-ring (bicyclic) bond motifs is 1. The molecule has 2 saturated heterocycles. The molecule has 1 aromatic heterocycles. The van der Waals surface area contributed by atoms with Gasteiger partial charge < -0.3 is 14.4 Å². The quantitative estimate of drug-likeness (QED) is 0.860. The second kappa shape index (κ2) is 6.48. The van der Waals surface area contributed by atoms with Crippen molar-refractivity contribution in [1.82, 2.24) is 9.88 Å². The van der Waals surface area contributed by atoms with E-state index in [1.807, 2.05) is 48.2 Å². The summed E-state index contributed by atoms with van der Waals surface area (Å²) in [5.74, 6) is 1.17. The SMILES string of the molecule is Cc1ccc(C(=O)N2C[C@@H]3COC[C@]3(COc3cccnc3)C2)cc1. The van der Waals surface area contributed by atoms with Crippen LogP contribution in [0.25, 0.3) is 0 Å². The summed E-state index contributed by atoms with van der Waals surface area (Å²) in [6, 6.07) is 11.5. The van der Waals surface area contributed by atoms with E-state index >= 15 is 0 Å². The number of aryl methyl sites for hydroxylation is 1. The van der Waals surface area contributed by atoms with Gasteiger partial charge in [-0.3, -0.25) is 9.78 Å². The molecule has 0 N–H and O–H groups in total. The van der Waals surface area contributed by atoms with Crippen molar-refractivity contribution in [3.05, 3.63) is 59.9 Å². The van der Waals surface area contributed by atoms with E-state index in [0.717, 1.165) is 23.4 Å². The van der Waals surface area contributed by atoms with E-state index in [-0.39, 0.29) is 11.3 Å². The Labute approximate surface area is 147 Å². The zero-order valence-electron chi connectivity index (χ0n) is 14.4. The van der Waals surface area contributed by atoms with Crippen molar-refractivity contribution < 1.29 is 14.3 Å². The smallest absolute Gasteiger partial charge is 0.253 e. The molecule has 2 aliphatic heterocycles. The van der Waals surface area contributed by atoms with Crippen molar-refractivity contribution in [3.8, 4) is 5.75 Å². The van der Waals surface area contributed by atoms with E-state index in [9.17, 15) is 4.79 Å². The monoisotopic (exact) mass is 338 g/mol. The lowest BCUT2D eigenvalue weighted by Crippen LogP contribution is -2.38. The summed E-state index contributed by atoms with van der Waals surface area (Å²) in [5, 5.41) is 0. The van der Waals surface area contributed by atoms with E-state index in [1.165, 1.54) is 0 Å². The van der Waals surface area contributed by atoms with E-state index < -0.39 is 0 Å². The number of carbonyl (C=O) groups excluding carboxylic acids is 1. The number of ether oxygens (including phenoxy) is 2. The molecule has 0 saturated carbocycles. The van der Waals surface area contributed by atoms with Gasteiger partial charge >= 0.3 is 0 Å². The largest absolute Gasteiger partial charge is 0.491 e. The number of aromatic nitrogens is 1. The van der Waals surface area contributed by atoms with E-state index in [0.29, 0.717) is 32.3 Å². The van der Waals surface area contributed by atoms with Crippen LogP contribution in [-0.2, 0) is 4.74 Å². The maximum Gasteiger partial charge on any atom is 0.253 e. The van der Waals surface area contributed by atoms with Gasteiger partial charge in [-0.1, -0.05) is 17.7 Å². The summed E-state index contributed by atoms with van der Waals surface area (Å²) in [5.41, 5.74) is 1.77. The number of pyridine rings is 1. The lowest BCUT2D eigenvalue weighted by molar-refractivity contribution is 0.0659. The third-order valence-electron chi connectivity index (χ3n) is 5.27. The first kappa shape index (κ1) is 16.1. The normalized spacial score (nSPS) is 25.0. The molecular formula is C20H22N2O3. The molecule has 2 atom stereocenters. The molecule has 0 aliphatic carbocycles. The number of amides is 1. The van der Waals surface area contributed by atoms with Crippen LogP contribution in [0.3, 0.4) is 0 Å². The number of rotatable bonds is 4. The van der Waals surface area contributed by atoms with Gasteiger partial charge in [0.1, 0.15) is 5.75 Å². The minimum Gasteiger partial charge on any atom is -0.491 e. The molecule has 1 amide bonds. The summed E-state index contributed by atoms with van der Waals surface area (Å²) in [7, 11) is 0. The van der Waals surface area contributed by atoms with Crippen LogP contribution in [0.2, 0.25) is 0 Å². The number of benzene rings is 1. The third-order valence-corrected chi connectivity index (χ3v) is 5.27. The lowest BCUT2D eigenvalue weighted by atomic mass is 9.82. The van der Waals surface area contributed by atoms with Gasteiger partial charge in [-0.2, -0.15) is 0 Å². The fourth-order valence-corrected chi connectivity index (χ4v) is 3.73. The maximum absolute atomic E-state index is 12.8. The molecule has 3 heterocycles. The van der Waals surface area contributed by atoms with Crippen molar-refractivity contribution in [2.45, 2.75) is 6.92 Å². The lowest BCUT2D eigenvalue weighted by Gasteiger charge is -2.27. The van der Waals surface area contributed by atoms with E-state index in [2.05, 4.69) is 4.98 Å². The van der Waals surface area contributed by atoms with E-state index in [4.69, 9.17) is 9.47 Å². The molecule has 5 heteroatoms. The van der Waals surface area contributed by atoms with Crippen LogP contribution in [0.4, 0.5) is 0 Å². The molecule has 130 valence electrons. The highest BCUT2D eigenvalue weighted by atomic mass is 16.5.